The second-order valence-electron chi connectivity index (χ2n) is 9.45. The summed E-state index contributed by atoms with van der Waals surface area (Å²) in [5.41, 5.74) is -0.809. The molecule has 1 aliphatic rings. The predicted octanol–water partition coefficient (Wildman–Crippen LogP) is 3.79. The average Bonchev–Trinajstić information content (AvgIpc) is 3.55. The number of benzene rings is 1. The number of aryl methyl sites for hydroxylation is 1. The van der Waals surface area contributed by atoms with Gasteiger partial charge in [-0.15, -0.1) is 0 Å². The molecular formula is C27H25F3N6O3. The Balaban J connectivity index is 1.61. The van der Waals surface area contributed by atoms with Gasteiger partial charge in [0.25, 0.3) is 11.5 Å². The Bertz CT molecular complexity index is 1600. The van der Waals surface area contributed by atoms with Gasteiger partial charge in [0, 0.05) is 44.5 Å². The van der Waals surface area contributed by atoms with Gasteiger partial charge in [0.1, 0.15) is 17.5 Å². The van der Waals surface area contributed by atoms with Crippen molar-refractivity contribution in [2.24, 2.45) is 7.05 Å². The van der Waals surface area contributed by atoms with Crippen molar-refractivity contribution < 1.29 is 23.1 Å². The number of pyridine rings is 1. The van der Waals surface area contributed by atoms with Crippen LogP contribution in [0.15, 0.2) is 53.7 Å². The lowest BCUT2D eigenvalue weighted by Gasteiger charge is -2.26. The number of hydrogen-bond acceptors (Lipinski definition) is 6. The van der Waals surface area contributed by atoms with Crippen LogP contribution in [0, 0.1) is 17.5 Å². The molecule has 1 aliphatic heterocycles. The highest BCUT2D eigenvalue weighted by atomic mass is 19.1. The maximum Gasteiger partial charge on any atom is 0.290 e. The Morgan fingerprint density at radius 1 is 1.21 bits per heavy atom. The second-order valence-corrected chi connectivity index (χ2v) is 9.45. The summed E-state index contributed by atoms with van der Waals surface area (Å²) < 4.78 is 45.3. The van der Waals surface area contributed by atoms with Gasteiger partial charge in [-0.3, -0.25) is 23.8 Å². The normalized spacial score (nSPS) is 16.0. The van der Waals surface area contributed by atoms with Crippen molar-refractivity contribution in [2.75, 3.05) is 13.1 Å². The van der Waals surface area contributed by atoms with Crippen molar-refractivity contribution in [3.63, 3.8) is 0 Å². The minimum absolute atomic E-state index is 0.0199. The number of amides is 1. The van der Waals surface area contributed by atoms with Crippen molar-refractivity contribution in [3.05, 3.63) is 93.5 Å². The number of hydrogen-bond donors (Lipinski definition) is 1. The first-order valence-electron chi connectivity index (χ1n) is 12.4. The third kappa shape index (κ3) is 4.89. The van der Waals surface area contributed by atoms with Gasteiger partial charge in [0.15, 0.2) is 11.4 Å². The molecule has 4 aromatic rings. The minimum Gasteiger partial charge on any atom is -0.494 e. The largest absolute Gasteiger partial charge is 0.494 e. The third-order valence-corrected chi connectivity index (χ3v) is 6.90. The summed E-state index contributed by atoms with van der Waals surface area (Å²) in [7, 11) is 1.65. The zero-order chi connectivity index (χ0) is 27.8. The molecule has 1 amide bonds. The zero-order valence-electron chi connectivity index (χ0n) is 21.2. The molecule has 0 radical (unpaired) electrons. The van der Waals surface area contributed by atoms with E-state index in [2.05, 4.69) is 15.1 Å². The molecule has 3 aromatic heterocycles. The highest BCUT2D eigenvalue weighted by molar-refractivity contribution is 5.96. The Labute approximate surface area is 221 Å². The second kappa shape index (κ2) is 10.4. The monoisotopic (exact) mass is 538 g/mol. The summed E-state index contributed by atoms with van der Waals surface area (Å²) in [6.45, 7) is 2.02. The van der Waals surface area contributed by atoms with Crippen molar-refractivity contribution in [3.8, 4) is 17.3 Å². The number of aromatic nitrogens is 5. The summed E-state index contributed by atoms with van der Waals surface area (Å²) in [4.78, 5) is 36.3. The maximum absolute atomic E-state index is 14.3. The molecule has 1 aromatic carbocycles. The summed E-state index contributed by atoms with van der Waals surface area (Å²) in [5, 5.41) is 15.6. The Morgan fingerprint density at radius 3 is 2.59 bits per heavy atom. The molecule has 1 unspecified atom stereocenters. The molecule has 2 atom stereocenters. The van der Waals surface area contributed by atoms with E-state index in [1.807, 2.05) is 0 Å². The van der Waals surface area contributed by atoms with Gasteiger partial charge in [-0.25, -0.2) is 13.2 Å². The van der Waals surface area contributed by atoms with Gasteiger partial charge >= 0.3 is 0 Å². The van der Waals surface area contributed by atoms with Crippen molar-refractivity contribution in [1.29, 1.82) is 0 Å². The molecule has 0 saturated carbocycles. The van der Waals surface area contributed by atoms with Gasteiger partial charge in [-0.05, 0) is 42.7 Å². The number of likely N-dealkylation sites (tertiary alicyclic amines) is 1. The Morgan fingerprint density at radius 2 is 1.95 bits per heavy atom. The highest BCUT2D eigenvalue weighted by Crippen LogP contribution is 2.35. The van der Waals surface area contributed by atoms with Gasteiger partial charge in [-0.2, -0.15) is 10.1 Å². The third-order valence-electron chi connectivity index (χ3n) is 6.90. The average molecular weight is 539 g/mol. The maximum atomic E-state index is 14.3. The smallest absolute Gasteiger partial charge is 0.290 e. The molecule has 1 saturated heterocycles. The molecular weight excluding hydrogens is 513 g/mol. The van der Waals surface area contributed by atoms with Crippen LogP contribution in [0.2, 0.25) is 0 Å². The zero-order valence-corrected chi connectivity index (χ0v) is 21.2. The highest BCUT2D eigenvalue weighted by Gasteiger charge is 2.35. The van der Waals surface area contributed by atoms with E-state index in [1.165, 1.54) is 38.7 Å². The summed E-state index contributed by atoms with van der Waals surface area (Å²) in [6, 6.07) is 4.84. The van der Waals surface area contributed by atoms with Gasteiger partial charge in [0.2, 0.25) is 5.88 Å². The molecule has 5 rings (SSSR count). The summed E-state index contributed by atoms with van der Waals surface area (Å²) in [5.74, 6) is -4.01. The van der Waals surface area contributed by atoms with E-state index in [0.29, 0.717) is 12.0 Å². The van der Waals surface area contributed by atoms with E-state index in [4.69, 9.17) is 0 Å². The van der Waals surface area contributed by atoms with E-state index in [0.717, 1.165) is 18.2 Å². The van der Waals surface area contributed by atoms with E-state index in [9.17, 15) is 27.9 Å². The fraction of sp³-hybridized carbons (Fsp3) is 0.296. The number of carbonyl (C=O) groups excluding carboxylic acids is 1. The number of halogens is 3. The van der Waals surface area contributed by atoms with Crippen LogP contribution in [0.5, 0.6) is 5.88 Å². The molecule has 4 heterocycles. The lowest BCUT2D eigenvalue weighted by atomic mass is 10.0. The predicted molar refractivity (Wildman–Crippen MR) is 135 cm³/mol. The SMILES string of the molecule is CC[C@@H](c1cc(F)cc(F)c1)n1c(-c2cnn(C)c2)nc(=O)c(C(=O)N2CCC(c3ncccc3F)C2)c1O. The minimum atomic E-state index is -0.972. The van der Waals surface area contributed by atoms with Crippen LogP contribution >= 0.6 is 0 Å². The molecule has 12 heteroatoms. The fourth-order valence-corrected chi connectivity index (χ4v) is 5.10. The van der Waals surface area contributed by atoms with Crippen LogP contribution < -0.4 is 5.56 Å². The first-order valence-corrected chi connectivity index (χ1v) is 12.4. The van der Waals surface area contributed by atoms with E-state index in [1.54, 1.807) is 20.2 Å². The topological polar surface area (TPSA) is 106 Å². The molecule has 0 bridgehead atoms. The Hall–Kier alpha value is -4.48. The lowest BCUT2D eigenvalue weighted by Crippen LogP contribution is -2.35. The molecule has 9 nitrogen and oxygen atoms in total. The molecule has 202 valence electrons. The van der Waals surface area contributed by atoms with Crippen LogP contribution in [0.25, 0.3) is 11.4 Å². The van der Waals surface area contributed by atoms with E-state index >= 15 is 0 Å². The molecule has 1 N–H and O–H groups in total. The van der Waals surface area contributed by atoms with Crippen molar-refractivity contribution in [2.45, 2.75) is 31.7 Å². The quantitative estimate of drug-likeness (QED) is 0.401. The van der Waals surface area contributed by atoms with E-state index < -0.39 is 46.4 Å². The Kier molecular flexibility index (Phi) is 6.94. The number of aromatic hydroxyl groups is 1. The lowest BCUT2D eigenvalue weighted by molar-refractivity contribution is 0.0783. The van der Waals surface area contributed by atoms with Crippen LogP contribution in [0.3, 0.4) is 0 Å². The molecule has 39 heavy (non-hydrogen) atoms. The molecule has 0 spiro atoms. The standard InChI is InChI=1S/C27H25F3N6O3/c1-3-21(16-9-18(28)11-19(29)10-16)36-24(17-12-32-34(2)13-17)33-25(37)22(27(36)39)26(38)35-8-6-15(14-35)23-20(30)5-4-7-31-23/h4-5,7,9-13,15,21,39H,3,6,8,14H2,1-2H3/t15?,21-/m0/s1. The number of carbonyl (C=O) groups is 1. The van der Waals surface area contributed by atoms with Crippen LogP contribution in [0.1, 0.15) is 53.3 Å². The molecule has 1 fully saturated rings. The first kappa shape index (κ1) is 26.1. The summed E-state index contributed by atoms with van der Waals surface area (Å²) >= 11 is 0. The molecule has 0 aliphatic carbocycles. The van der Waals surface area contributed by atoms with Gasteiger partial charge < -0.3 is 10.0 Å². The van der Waals surface area contributed by atoms with E-state index in [-0.39, 0.29) is 42.5 Å². The van der Waals surface area contributed by atoms with Crippen LogP contribution in [0.4, 0.5) is 13.2 Å². The fourth-order valence-electron chi connectivity index (χ4n) is 5.10. The van der Waals surface area contributed by atoms with Gasteiger partial charge in [-0.1, -0.05) is 6.92 Å². The first-order chi connectivity index (χ1) is 18.7. The van der Waals surface area contributed by atoms with Crippen LogP contribution in [-0.2, 0) is 7.05 Å². The van der Waals surface area contributed by atoms with Crippen molar-refractivity contribution >= 4 is 5.91 Å². The number of nitrogens with zero attached hydrogens (tertiary/aromatic N) is 6. The van der Waals surface area contributed by atoms with Gasteiger partial charge in [0.05, 0.1) is 23.5 Å². The number of rotatable bonds is 6. The summed E-state index contributed by atoms with van der Waals surface area (Å²) in [6.07, 6.45) is 5.09. The van der Waals surface area contributed by atoms with Crippen molar-refractivity contribution in [1.82, 2.24) is 29.2 Å². The van der Waals surface area contributed by atoms with Crippen LogP contribution in [-0.4, -0.2) is 53.3 Å².